The lowest BCUT2D eigenvalue weighted by molar-refractivity contribution is -0.118. The van der Waals surface area contributed by atoms with E-state index in [1.165, 1.54) is 5.56 Å². The molecular formula is C25H26BrN3O3. The average molecular weight is 496 g/mol. The Labute approximate surface area is 196 Å². The Bertz CT molecular complexity index is 1040. The first-order chi connectivity index (χ1) is 15.5. The van der Waals surface area contributed by atoms with Crippen LogP contribution < -0.4 is 10.1 Å². The van der Waals surface area contributed by atoms with Gasteiger partial charge in [-0.1, -0.05) is 54.6 Å². The van der Waals surface area contributed by atoms with Gasteiger partial charge in [-0.2, -0.15) is 0 Å². The summed E-state index contributed by atoms with van der Waals surface area (Å²) in [6.45, 7) is 1.76. The molecule has 0 aliphatic rings. The van der Waals surface area contributed by atoms with Gasteiger partial charge in [0.05, 0.1) is 11.3 Å². The minimum atomic E-state index is -0.345. The lowest BCUT2D eigenvalue weighted by Crippen LogP contribution is -2.24. The van der Waals surface area contributed by atoms with Gasteiger partial charge in [0.15, 0.2) is 6.61 Å². The third-order valence-electron chi connectivity index (χ3n) is 4.65. The number of ether oxygens (including phenoxy) is 2. The Morgan fingerprint density at radius 2 is 1.69 bits per heavy atom. The molecule has 2 N–H and O–H groups in total. The van der Waals surface area contributed by atoms with Crippen LogP contribution in [-0.4, -0.2) is 43.5 Å². The van der Waals surface area contributed by atoms with Gasteiger partial charge in [0.25, 0.3) is 5.91 Å². The minimum Gasteiger partial charge on any atom is -0.491 e. The number of halogens is 1. The first kappa shape index (κ1) is 23.5. The number of para-hydroxylation sites is 2. The standard InChI is InChI=1S/C25H26BrN3O3/c1-29(17-19-9-3-2-4-10-19)15-16-31-23-14-8-5-11-20(23)25(27)32-18-24(30)28-22-13-7-6-12-21(22)26/h2-14,27H,15-18H2,1H3,(H,28,30). The number of carbonyl (C=O) groups is 1. The summed E-state index contributed by atoms with van der Waals surface area (Å²) in [7, 11) is 2.04. The van der Waals surface area contributed by atoms with Crippen LogP contribution in [0, 0.1) is 5.41 Å². The Morgan fingerprint density at radius 3 is 2.47 bits per heavy atom. The van der Waals surface area contributed by atoms with Crippen molar-refractivity contribution in [3.8, 4) is 5.75 Å². The highest BCUT2D eigenvalue weighted by Gasteiger charge is 2.13. The fourth-order valence-corrected chi connectivity index (χ4v) is 3.41. The number of nitrogens with zero attached hydrogens (tertiary/aromatic N) is 1. The maximum atomic E-state index is 12.2. The van der Waals surface area contributed by atoms with Crippen LogP contribution in [0.1, 0.15) is 11.1 Å². The summed E-state index contributed by atoms with van der Waals surface area (Å²) in [6.07, 6.45) is 0. The molecule has 0 aromatic heterocycles. The molecule has 0 saturated heterocycles. The van der Waals surface area contributed by atoms with E-state index in [0.29, 0.717) is 23.6 Å². The SMILES string of the molecule is CN(CCOc1ccccc1C(=N)OCC(=O)Nc1ccccc1Br)Cc1ccccc1. The first-order valence-corrected chi connectivity index (χ1v) is 11.0. The highest BCUT2D eigenvalue weighted by atomic mass is 79.9. The second kappa shape index (κ2) is 12.0. The quantitative estimate of drug-likeness (QED) is 0.308. The fourth-order valence-electron chi connectivity index (χ4n) is 3.03. The van der Waals surface area contributed by atoms with Gasteiger partial charge in [-0.15, -0.1) is 0 Å². The lowest BCUT2D eigenvalue weighted by Gasteiger charge is -2.18. The van der Waals surface area contributed by atoms with Crippen LogP contribution in [0.4, 0.5) is 5.69 Å². The Morgan fingerprint density at radius 1 is 1.00 bits per heavy atom. The molecule has 166 valence electrons. The van der Waals surface area contributed by atoms with Crippen LogP contribution in [0.15, 0.2) is 83.3 Å². The maximum absolute atomic E-state index is 12.2. The molecule has 3 aromatic rings. The summed E-state index contributed by atoms with van der Waals surface area (Å²) >= 11 is 3.39. The van der Waals surface area contributed by atoms with Gasteiger partial charge in [-0.05, 0) is 52.8 Å². The maximum Gasteiger partial charge on any atom is 0.262 e. The van der Waals surface area contributed by atoms with Crippen LogP contribution >= 0.6 is 15.9 Å². The molecule has 0 radical (unpaired) electrons. The number of carbonyl (C=O) groups excluding carboxylic acids is 1. The predicted molar refractivity (Wildman–Crippen MR) is 130 cm³/mol. The second-order valence-corrected chi connectivity index (χ2v) is 8.07. The number of anilines is 1. The summed E-state index contributed by atoms with van der Waals surface area (Å²) in [5.41, 5.74) is 2.40. The minimum absolute atomic E-state index is 0.111. The normalized spacial score (nSPS) is 10.6. The molecule has 0 spiro atoms. The third kappa shape index (κ3) is 7.21. The molecule has 6 nitrogen and oxygen atoms in total. The van der Waals surface area contributed by atoms with Crippen LogP contribution in [0.3, 0.4) is 0 Å². The molecule has 32 heavy (non-hydrogen) atoms. The van der Waals surface area contributed by atoms with Crippen molar-refractivity contribution in [2.75, 3.05) is 32.1 Å². The van der Waals surface area contributed by atoms with Crippen LogP contribution in [0.5, 0.6) is 5.75 Å². The number of hydrogen-bond acceptors (Lipinski definition) is 5. The summed E-state index contributed by atoms with van der Waals surface area (Å²) in [6, 6.07) is 24.8. The molecule has 3 rings (SSSR count). The zero-order valence-corrected chi connectivity index (χ0v) is 19.5. The molecule has 0 atom stereocenters. The molecule has 3 aromatic carbocycles. The van der Waals surface area contributed by atoms with E-state index in [4.69, 9.17) is 14.9 Å². The van der Waals surface area contributed by atoms with Gasteiger partial charge in [0.1, 0.15) is 12.4 Å². The van der Waals surface area contributed by atoms with Crippen molar-refractivity contribution in [3.63, 3.8) is 0 Å². The molecule has 1 amide bonds. The van der Waals surface area contributed by atoms with Crippen molar-refractivity contribution in [1.29, 1.82) is 5.41 Å². The van der Waals surface area contributed by atoms with Crippen LogP contribution in [0.25, 0.3) is 0 Å². The highest BCUT2D eigenvalue weighted by Crippen LogP contribution is 2.21. The summed E-state index contributed by atoms with van der Waals surface area (Å²) in [5.74, 6) is 0.0972. The van der Waals surface area contributed by atoms with Crippen molar-refractivity contribution < 1.29 is 14.3 Å². The van der Waals surface area contributed by atoms with Gasteiger partial charge in [0, 0.05) is 17.6 Å². The van der Waals surface area contributed by atoms with E-state index in [-0.39, 0.29) is 18.4 Å². The Balaban J connectivity index is 1.48. The first-order valence-electron chi connectivity index (χ1n) is 10.2. The molecule has 7 heteroatoms. The van der Waals surface area contributed by atoms with E-state index < -0.39 is 0 Å². The zero-order chi connectivity index (χ0) is 22.8. The Kier molecular flexibility index (Phi) is 8.83. The Hall–Kier alpha value is -3.16. The molecule has 0 aliphatic heterocycles. The third-order valence-corrected chi connectivity index (χ3v) is 5.34. The number of likely N-dealkylation sites (N-methyl/N-ethyl adjacent to an activating group) is 1. The summed E-state index contributed by atoms with van der Waals surface area (Å²) in [5, 5.41) is 11.0. The van der Waals surface area contributed by atoms with Crippen molar-refractivity contribution >= 4 is 33.4 Å². The highest BCUT2D eigenvalue weighted by molar-refractivity contribution is 9.10. The number of nitrogens with one attached hydrogen (secondary N) is 2. The van der Waals surface area contributed by atoms with Crippen molar-refractivity contribution in [1.82, 2.24) is 4.90 Å². The molecule has 0 unspecified atom stereocenters. The molecule has 0 heterocycles. The van der Waals surface area contributed by atoms with E-state index in [1.807, 2.05) is 55.6 Å². The summed E-state index contributed by atoms with van der Waals surface area (Å²) < 4.78 is 12.1. The number of hydrogen-bond donors (Lipinski definition) is 2. The molecule has 0 fully saturated rings. The topological polar surface area (TPSA) is 74.6 Å². The van der Waals surface area contributed by atoms with Crippen molar-refractivity contribution in [3.05, 3.63) is 94.5 Å². The van der Waals surface area contributed by atoms with Crippen LogP contribution in [0.2, 0.25) is 0 Å². The zero-order valence-electron chi connectivity index (χ0n) is 17.9. The van der Waals surface area contributed by atoms with E-state index in [0.717, 1.165) is 17.6 Å². The van der Waals surface area contributed by atoms with E-state index in [2.05, 4.69) is 38.3 Å². The van der Waals surface area contributed by atoms with Crippen molar-refractivity contribution in [2.45, 2.75) is 6.54 Å². The molecule has 0 bridgehead atoms. The molecule has 0 aliphatic carbocycles. The van der Waals surface area contributed by atoms with Gasteiger partial charge in [-0.25, -0.2) is 0 Å². The van der Waals surface area contributed by atoms with E-state index in [9.17, 15) is 4.79 Å². The smallest absolute Gasteiger partial charge is 0.262 e. The number of benzene rings is 3. The summed E-state index contributed by atoms with van der Waals surface area (Å²) in [4.78, 5) is 14.4. The van der Waals surface area contributed by atoms with Gasteiger partial charge in [0.2, 0.25) is 5.90 Å². The van der Waals surface area contributed by atoms with Gasteiger partial charge < -0.3 is 14.8 Å². The fraction of sp³-hybridized carbons (Fsp3) is 0.200. The van der Waals surface area contributed by atoms with Crippen molar-refractivity contribution in [2.24, 2.45) is 0 Å². The predicted octanol–water partition coefficient (Wildman–Crippen LogP) is 4.94. The second-order valence-electron chi connectivity index (χ2n) is 7.21. The number of rotatable bonds is 10. The molecule has 0 saturated carbocycles. The van der Waals surface area contributed by atoms with E-state index in [1.54, 1.807) is 18.2 Å². The number of amides is 1. The average Bonchev–Trinajstić information content (AvgIpc) is 2.80. The largest absolute Gasteiger partial charge is 0.491 e. The monoisotopic (exact) mass is 495 g/mol. The van der Waals surface area contributed by atoms with Gasteiger partial charge >= 0.3 is 0 Å². The molecular weight excluding hydrogens is 470 g/mol. The lowest BCUT2D eigenvalue weighted by atomic mass is 10.2. The van der Waals surface area contributed by atoms with E-state index >= 15 is 0 Å². The van der Waals surface area contributed by atoms with Crippen LogP contribution in [-0.2, 0) is 16.1 Å². The van der Waals surface area contributed by atoms with Gasteiger partial charge in [-0.3, -0.25) is 15.1 Å².